The molecule has 0 radical (unpaired) electrons. The largest absolute Gasteiger partial charge is 0.504 e. The summed E-state index contributed by atoms with van der Waals surface area (Å²) in [4.78, 5) is 12.0. The van der Waals surface area contributed by atoms with E-state index in [0.717, 1.165) is 0 Å². The van der Waals surface area contributed by atoms with E-state index < -0.39 is 35.9 Å². The van der Waals surface area contributed by atoms with E-state index in [9.17, 15) is 25.2 Å². The van der Waals surface area contributed by atoms with Crippen LogP contribution in [0.4, 0.5) is 0 Å². The molecule has 0 aromatic heterocycles. The minimum absolute atomic E-state index is 0.0123. The lowest BCUT2D eigenvalue weighted by atomic mass is 10.1. The first-order valence-corrected chi connectivity index (χ1v) is 6.89. The molecule has 1 aromatic carbocycles. The van der Waals surface area contributed by atoms with Crippen LogP contribution in [0.25, 0.3) is 0 Å². The fourth-order valence-electron chi connectivity index (χ4n) is 2.45. The summed E-state index contributed by atoms with van der Waals surface area (Å²) < 4.78 is 0. The first-order chi connectivity index (χ1) is 10.4. The SMILES string of the molecule is Cc1ccc(C(=O)NC[C@H]2N[C@H](CO)[C@@H](O)[C@@H]2O)c(O)c1O. The Balaban J connectivity index is 2.01. The van der Waals surface area contributed by atoms with Gasteiger partial charge in [-0.2, -0.15) is 0 Å². The van der Waals surface area contributed by atoms with E-state index in [1.165, 1.54) is 12.1 Å². The molecule has 0 bridgehead atoms. The van der Waals surface area contributed by atoms with Gasteiger partial charge in [0.2, 0.25) is 0 Å². The van der Waals surface area contributed by atoms with Gasteiger partial charge in [-0.1, -0.05) is 6.07 Å². The first-order valence-electron chi connectivity index (χ1n) is 6.89. The molecule has 7 N–H and O–H groups in total. The summed E-state index contributed by atoms with van der Waals surface area (Å²) in [6.45, 7) is 1.24. The molecular weight excluding hydrogens is 292 g/mol. The number of hydrogen-bond acceptors (Lipinski definition) is 7. The zero-order valence-electron chi connectivity index (χ0n) is 12.0. The second-order valence-corrected chi connectivity index (χ2v) is 5.38. The van der Waals surface area contributed by atoms with Gasteiger partial charge in [-0.3, -0.25) is 4.79 Å². The van der Waals surface area contributed by atoms with Crippen molar-refractivity contribution in [3.05, 3.63) is 23.3 Å². The molecule has 2 rings (SSSR count). The number of aryl methyl sites for hydroxylation is 1. The highest BCUT2D eigenvalue weighted by molar-refractivity contribution is 5.97. The highest BCUT2D eigenvalue weighted by Gasteiger charge is 2.40. The van der Waals surface area contributed by atoms with E-state index in [2.05, 4.69) is 10.6 Å². The second kappa shape index (κ2) is 6.49. The van der Waals surface area contributed by atoms with E-state index in [-0.39, 0.29) is 24.5 Å². The van der Waals surface area contributed by atoms with Crippen LogP contribution >= 0.6 is 0 Å². The van der Waals surface area contributed by atoms with Crippen molar-refractivity contribution in [3.8, 4) is 11.5 Å². The summed E-state index contributed by atoms with van der Waals surface area (Å²) in [5, 5.41) is 53.2. The molecule has 1 amide bonds. The number of benzene rings is 1. The summed E-state index contributed by atoms with van der Waals surface area (Å²) in [6.07, 6.45) is -2.25. The minimum Gasteiger partial charge on any atom is -0.504 e. The van der Waals surface area contributed by atoms with Crippen LogP contribution in [0.15, 0.2) is 12.1 Å². The molecule has 1 aromatic rings. The molecule has 8 nitrogen and oxygen atoms in total. The van der Waals surface area contributed by atoms with Gasteiger partial charge >= 0.3 is 0 Å². The predicted octanol–water partition coefficient (Wildman–Crippen LogP) is -1.81. The molecule has 122 valence electrons. The van der Waals surface area contributed by atoms with E-state index >= 15 is 0 Å². The predicted molar refractivity (Wildman–Crippen MR) is 76.7 cm³/mol. The number of aliphatic hydroxyl groups excluding tert-OH is 3. The molecule has 1 aliphatic rings. The lowest BCUT2D eigenvalue weighted by molar-refractivity contribution is 0.0197. The Morgan fingerprint density at radius 2 is 1.82 bits per heavy atom. The Bertz CT molecular complexity index is 565. The quantitative estimate of drug-likeness (QED) is 0.325. The average Bonchev–Trinajstić information content (AvgIpc) is 2.78. The fraction of sp³-hybridized carbons (Fsp3) is 0.500. The van der Waals surface area contributed by atoms with Gasteiger partial charge in [0.15, 0.2) is 11.5 Å². The Kier molecular flexibility index (Phi) is 4.87. The van der Waals surface area contributed by atoms with Crippen LogP contribution in [-0.2, 0) is 0 Å². The molecule has 0 saturated carbocycles. The lowest BCUT2D eigenvalue weighted by Gasteiger charge is -2.17. The number of hydrogen-bond donors (Lipinski definition) is 7. The van der Waals surface area contributed by atoms with Crippen LogP contribution in [0.1, 0.15) is 15.9 Å². The van der Waals surface area contributed by atoms with Gasteiger partial charge in [0, 0.05) is 6.54 Å². The van der Waals surface area contributed by atoms with Crippen LogP contribution in [0.5, 0.6) is 11.5 Å². The summed E-state index contributed by atoms with van der Waals surface area (Å²) in [7, 11) is 0. The number of nitrogens with one attached hydrogen (secondary N) is 2. The van der Waals surface area contributed by atoms with Gasteiger partial charge in [-0.05, 0) is 18.6 Å². The summed E-state index contributed by atoms with van der Waals surface area (Å²) in [5.74, 6) is -1.49. The van der Waals surface area contributed by atoms with Crippen molar-refractivity contribution in [2.75, 3.05) is 13.2 Å². The number of carbonyl (C=O) groups is 1. The van der Waals surface area contributed by atoms with Crippen molar-refractivity contribution >= 4 is 5.91 Å². The number of amides is 1. The average molecular weight is 312 g/mol. The molecule has 1 fully saturated rings. The first kappa shape index (κ1) is 16.5. The molecule has 0 aliphatic carbocycles. The molecule has 1 heterocycles. The van der Waals surface area contributed by atoms with Crippen LogP contribution in [-0.4, -0.2) is 68.9 Å². The molecule has 22 heavy (non-hydrogen) atoms. The number of carbonyl (C=O) groups excluding carboxylic acids is 1. The number of rotatable bonds is 4. The van der Waals surface area contributed by atoms with Crippen LogP contribution in [0.2, 0.25) is 0 Å². The molecule has 0 unspecified atom stereocenters. The Morgan fingerprint density at radius 3 is 2.41 bits per heavy atom. The van der Waals surface area contributed by atoms with Crippen molar-refractivity contribution in [1.82, 2.24) is 10.6 Å². The highest BCUT2D eigenvalue weighted by atomic mass is 16.3. The molecule has 1 saturated heterocycles. The van der Waals surface area contributed by atoms with Crippen molar-refractivity contribution in [1.29, 1.82) is 0 Å². The summed E-state index contributed by atoms with van der Waals surface area (Å²) >= 11 is 0. The van der Waals surface area contributed by atoms with Gasteiger partial charge in [-0.15, -0.1) is 0 Å². The highest BCUT2D eigenvalue weighted by Crippen LogP contribution is 2.31. The van der Waals surface area contributed by atoms with Crippen LogP contribution in [0.3, 0.4) is 0 Å². The van der Waals surface area contributed by atoms with Gasteiger partial charge in [-0.25, -0.2) is 0 Å². The van der Waals surface area contributed by atoms with Crippen molar-refractivity contribution in [3.63, 3.8) is 0 Å². The van der Waals surface area contributed by atoms with E-state index in [4.69, 9.17) is 5.11 Å². The Labute approximate surface area is 127 Å². The monoisotopic (exact) mass is 312 g/mol. The minimum atomic E-state index is -1.13. The van der Waals surface area contributed by atoms with E-state index in [1.54, 1.807) is 6.92 Å². The maximum absolute atomic E-state index is 12.0. The molecular formula is C14H20N2O6. The number of phenols is 2. The van der Waals surface area contributed by atoms with Crippen molar-refractivity contribution in [2.24, 2.45) is 0 Å². The molecule has 0 spiro atoms. The third kappa shape index (κ3) is 3.00. The van der Waals surface area contributed by atoms with Gasteiger partial charge < -0.3 is 36.2 Å². The zero-order valence-corrected chi connectivity index (χ0v) is 12.0. The Hall–Kier alpha value is -1.87. The molecule has 1 aliphatic heterocycles. The van der Waals surface area contributed by atoms with E-state index in [1.807, 2.05) is 0 Å². The molecule has 8 heteroatoms. The number of phenolic OH excluding ortho intramolecular Hbond substituents is 2. The topological polar surface area (TPSA) is 142 Å². The lowest BCUT2D eigenvalue weighted by Crippen LogP contribution is -2.44. The van der Waals surface area contributed by atoms with Gasteiger partial charge in [0.25, 0.3) is 5.91 Å². The summed E-state index contributed by atoms with van der Waals surface area (Å²) in [6, 6.07) is 1.59. The van der Waals surface area contributed by atoms with Gasteiger partial charge in [0.1, 0.15) is 0 Å². The summed E-state index contributed by atoms with van der Waals surface area (Å²) in [5.41, 5.74) is 0.352. The fourth-order valence-corrected chi connectivity index (χ4v) is 2.45. The zero-order chi connectivity index (χ0) is 16.4. The van der Waals surface area contributed by atoms with Crippen LogP contribution in [0, 0.1) is 6.92 Å². The maximum Gasteiger partial charge on any atom is 0.255 e. The van der Waals surface area contributed by atoms with E-state index in [0.29, 0.717) is 5.56 Å². The van der Waals surface area contributed by atoms with Crippen LogP contribution < -0.4 is 10.6 Å². The van der Waals surface area contributed by atoms with Crippen molar-refractivity contribution in [2.45, 2.75) is 31.2 Å². The Morgan fingerprint density at radius 1 is 1.18 bits per heavy atom. The number of aliphatic hydroxyl groups is 3. The van der Waals surface area contributed by atoms with Crippen molar-refractivity contribution < 1.29 is 30.3 Å². The number of aromatic hydroxyl groups is 2. The second-order valence-electron chi connectivity index (χ2n) is 5.38. The normalized spacial score (nSPS) is 27.8. The third-order valence-electron chi connectivity index (χ3n) is 3.88. The standard InChI is InChI=1S/C14H20N2O6/c1-6-2-3-7(11(19)10(6)18)14(22)15-4-8-12(20)13(21)9(5-17)16-8/h2-3,8-9,12-13,16-21H,4-5H2,1H3,(H,15,22)/t8-,9-,12-,13-/m1/s1. The maximum atomic E-state index is 12.0. The third-order valence-corrected chi connectivity index (χ3v) is 3.88. The van der Waals surface area contributed by atoms with Gasteiger partial charge in [0.05, 0.1) is 36.5 Å². The molecule has 4 atom stereocenters. The smallest absolute Gasteiger partial charge is 0.255 e.